The normalized spacial score (nSPS) is 16.6. The highest BCUT2D eigenvalue weighted by Crippen LogP contribution is 2.33. The van der Waals surface area contributed by atoms with Crippen molar-refractivity contribution in [3.05, 3.63) is 54.1 Å². The van der Waals surface area contributed by atoms with Crippen molar-refractivity contribution in [2.24, 2.45) is 0 Å². The zero-order valence-corrected chi connectivity index (χ0v) is 16.3. The van der Waals surface area contributed by atoms with Crippen LogP contribution in [0.25, 0.3) is 11.3 Å². The minimum Gasteiger partial charge on any atom is -0.368 e. The van der Waals surface area contributed by atoms with Gasteiger partial charge in [-0.1, -0.05) is 0 Å². The van der Waals surface area contributed by atoms with E-state index in [2.05, 4.69) is 48.5 Å². The van der Waals surface area contributed by atoms with Crippen LogP contribution in [0.1, 0.15) is 15.9 Å². The van der Waals surface area contributed by atoms with E-state index in [1.165, 1.54) is 0 Å². The van der Waals surface area contributed by atoms with Crippen LogP contribution >= 0.6 is 0 Å². The first-order chi connectivity index (χ1) is 14.2. The summed E-state index contributed by atoms with van der Waals surface area (Å²) in [6.07, 6.45) is 7.33. The molecule has 3 aromatic heterocycles. The summed E-state index contributed by atoms with van der Waals surface area (Å²) in [6.45, 7) is 4.60. The number of likely N-dealkylation sites (N-methyl/N-ethyl adjacent to an activating group) is 1. The zero-order valence-electron chi connectivity index (χ0n) is 16.3. The summed E-state index contributed by atoms with van der Waals surface area (Å²) < 4.78 is 0. The summed E-state index contributed by atoms with van der Waals surface area (Å²) in [7, 11) is 2.15. The topological polar surface area (TPSA) is 89.2 Å². The Morgan fingerprint density at radius 3 is 2.66 bits per heavy atom. The Bertz CT molecular complexity index is 1020. The minimum atomic E-state index is -0.0873. The molecule has 148 valence electrons. The third-order valence-corrected chi connectivity index (χ3v) is 5.58. The fourth-order valence-electron chi connectivity index (χ4n) is 3.91. The molecular formula is C21H23N7O. The highest BCUT2D eigenvalue weighted by molar-refractivity contribution is 6.05. The molecule has 0 atom stereocenters. The summed E-state index contributed by atoms with van der Waals surface area (Å²) >= 11 is 0. The van der Waals surface area contributed by atoms with E-state index in [0.29, 0.717) is 23.6 Å². The summed E-state index contributed by atoms with van der Waals surface area (Å²) in [6, 6.07) is 5.98. The number of aromatic nitrogens is 3. The highest BCUT2D eigenvalue weighted by Gasteiger charge is 2.27. The summed E-state index contributed by atoms with van der Waals surface area (Å²) in [5.74, 6) is 0.608. The second kappa shape index (κ2) is 7.21. The second-order valence-electron chi connectivity index (χ2n) is 7.47. The van der Waals surface area contributed by atoms with Gasteiger partial charge in [0.1, 0.15) is 5.82 Å². The van der Waals surface area contributed by atoms with Gasteiger partial charge in [0.25, 0.3) is 5.91 Å². The maximum atomic E-state index is 12.5. The molecule has 0 saturated carbocycles. The number of pyridine rings is 2. The lowest BCUT2D eigenvalue weighted by Crippen LogP contribution is -2.44. The van der Waals surface area contributed by atoms with E-state index in [0.717, 1.165) is 48.7 Å². The molecule has 5 heterocycles. The molecule has 0 spiro atoms. The fourth-order valence-corrected chi connectivity index (χ4v) is 3.91. The standard InChI is InChI=1S/C21H23N7O/c1-27-6-8-28(9-7-27)15-2-3-18(23-11-15)26-17-13-24-20(14-4-5-22-10-14)16-12-25-21(29)19(16)17/h2-5,10-11,13,22H,6-9,12H2,1H3,(H,23,26)(H,25,29). The quantitative estimate of drug-likeness (QED) is 0.634. The van der Waals surface area contributed by atoms with E-state index in [4.69, 9.17) is 0 Å². The molecular weight excluding hydrogens is 366 g/mol. The summed E-state index contributed by atoms with van der Waals surface area (Å²) in [5, 5.41) is 6.18. The van der Waals surface area contributed by atoms with Crippen molar-refractivity contribution in [2.75, 3.05) is 43.4 Å². The maximum Gasteiger partial charge on any atom is 0.254 e. The van der Waals surface area contributed by atoms with Crippen LogP contribution in [0, 0.1) is 0 Å². The molecule has 3 N–H and O–H groups in total. The average Bonchev–Trinajstić information content (AvgIpc) is 3.40. The van der Waals surface area contributed by atoms with Gasteiger partial charge in [0, 0.05) is 56.2 Å². The summed E-state index contributed by atoms with van der Waals surface area (Å²) in [4.78, 5) is 29.3. The van der Waals surface area contributed by atoms with E-state index < -0.39 is 0 Å². The van der Waals surface area contributed by atoms with E-state index in [9.17, 15) is 4.79 Å². The maximum absolute atomic E-state index is 12.5. The lowest BCUT2D eigenvalue weighted by Gasteiger charge is -2.33. The van der Waals surface area contributed by atoms with Gasteiger partial charge >= 0.3 is 0 Å². The third-order valence-electron chi connectivity index (χ3n) is 5.58. The van der Waals surface area contributed by atoms with Crippen LogP contribution in [0.4, 0.5) is 17.2 Å². The van der Waals surface area contributed by atoms with E-state index >= 15 is 0 Å². The molecule has 0 aromatic carbocycles. The molecule has 8 nitrogen and oxygen atoms in total. The van der Waals surface area contributed by atoms with Gasteiger partial charge in [-0.05, 0) is 25.2 Å². The molecule has 0 aliphatic carbocycles. The number of amides is 1. The smallest absolute Gasteiger partial charge is 0.254 e. The average molecular weight is 389 g/mol. The van der Waals surface area contributed by atoms with Crippen molar-refractivity contribution >= 4 is 23.1 Å². The molecule has 8 heteroatoms. The number of anilines is 3. The third kappa shape index (κ3) is 3.31. The van der Waals surface area contributed by atoms with Crippen molar-refractivity contribution in [1.82, 2.24) is 25.2 Å². The fraction of sp³-hybridized carbons (Fsp3) is 0.286. The Kier molecular flexibility index (Phi) is 4.40. The van der Waals surface area contributed by atoms with E-state index in [-0.39, 0.29) is 5.91 Å². The Labute approximate surface area is 169 Å². The molecule has 1 amide bonds. The molecule has 0 unspecified atom stereocenters. The van der Waals surface area contributed by atoms with Gasteiger partial charge in [0.15, 0.2) is 0 Å². The number of nitrogens with one attached hydrogen (secondary N) is 3. The Balaban J connectivity index is 1.40. The van der Waals surface area contributed by atoms with Gasteiger partial charge in [0.05, 0.1) is 35.0 Å². The number of aromatic amines is 1. The van der Waals surface area contributed by atoms with Crippen molar-refractivity contribution in [2.45, 2.75) is 6.54 Å². The predicted molar refractivity (Wildman–Crippen MR) is 112 cm³/mol. The molecule has 3 aromatic rings. The number of nitrogens with zero attached hydrogens (tertiary/aromatic N) is 4. The lowest BCUT2D eigenvalue weighted by atomic mass is 10.0. The zero-order chi connectivity index (χ0) is 19.8. The monoisotopic (exact) mass is 389 g/mol. The molecule has 1 fully saturated rings. The summed E-state index contributed by atoms with van der Waals surface area (Å²) in [5.41, 5.74) is 5.14. The molecule has 0 bridgehead atoms. The number of carbonyl (C=O) groups excluding carboxylic acids is 1. The molecule has 29 heavy (non-hydrogen) atoms. The van der Waals surface area contributed by atoms with Crippen LogP contribution in [0.5, 0.6) is 0 Å². The first-order valence-corrected chi connectivity index (χ1v) is 9.79. The van der Waals surface area contributed by atoms with Crippen molar-refractivity contribution < 1.29 is 4.79 Å². The first-order valence-electron chi connectivity index (χ1n) is 9.79. The van der Waals surface area contributed by atoms with Crippen LogP contribution in [0.2, 0.25) is 0 Å². The van der Waals surface area contributed by atoms with Crippen molar-refractivity contribution in [1.29, 1.82) is 0 Å². The minimum absolute atomic E-state index is 0.0873. The van der Waals surface area contributed by atoms with Gasteiger partial charge in [-0.15, -0.1) is 0 Å². The number of piperazine rings is 1. The van der Waals surface area contributed by atoms with Gasteiger partial charge in [-0.2, -0.15) is 0 Å². The number of rotatable bonds is 4. The Hall–Kier alpha value is -3.39. The van der Waals surface area contributed by atoms with Crippen LogP contribution in [0.15, 0.2) is 43.0 Å². The SMILES string of the molecule is CN1CCN(c2ccc(Nc3cnc(-c4cc[nH]c4)c4c3C(=O)NC4)nc2)CC1. The molecule has 2 aliphatic rings. The van der Waals surface area contributed by atoms with E-state index in [1.807, 2.05) is 30.7 Å². The number of fused-ring (bicyclic) bond motifs is 1. The number of carbonyl (C=O) groups is 1. The van der Waals surface area contributed by atoms with Gasteiger partial charge in [-0.25, -0.2) is 4.98 Å². The van der Waals surface area contributed by atoms with Crippen LogP contribution in [0.3, 0.4) is 0 Å². The Morgan fingerprint density at radius 1 is 1.07 bits per heavy atom. The lowest BCUT2D eigenvalue weighted by molar-refractivity contribution is 0.0966. The number of hydrogen-bond acceptors (Lipinski definition) is 6. The largest absolute Gasteiger partial charge is 0.368 e. The van der Waals surface area contributed by atoms with Gasteiger partial charge in [0.2, 0.25) is 0 Å². The Morgan fingerprint density at radius 2 is 1.93 bits per heavy atom. The van der Waals surface area contributed by atoms with E-state index in [1.54, 1.807) is 6.20 Å². The molecule has 5 rings (SSSR count). The van der Waals surface area contributed by atoms with Crippen LogP contribution in [-0.2, 0) is 6.54 Å². The van der Waals surface area contributed by atoms with Crippen molar-refractivity contribution in [3.63, 3.8) is 0 Å². The molecule has 2 aliphatic heterocycles. The molecule has 1 saturated heterocycles. The second-order valence-corrected chi connectivity index (χ2v) is 7.47. The number of H-pyrrole nitrogens is 1. The van der Waals surface area contributed by atoms with Gasteiger partial charge < -0.3 is 25.4 Å². The van der Waals surface area contributed by atoms with Crippen molar-refractivity contribution in [3.8, 4) is 11.3 Å². The van der Waals surface area contributed by atoms with Crippen LogP contribution in [-0.4, -0.2) is 59.0 Å². The number of hydrogen-bond donors (Lipinski definition) is 3. The van der Waals surface area contributed by atoms with Gasteiger partial charge in [-0.3, -0.25) is 9.78 Å². The van der Waals surface area contributed by atoms with Crippen LogP contribution < -0.4 is 15.5 Å². The predicted octanol–water partition coefficient (Wildman–Crippen LogP) is 2.21. The first kappa shape index (κ1) is 17.7. The highest BCUT2D eigenvalue weighted by atomic mass is 16.1. The molecule has 0 radical (unpaired) electrons.